The molecule has 94 valence electrons. The number of nitrogens with zero attached hydrogens (tertiary/aromatic N) is 1. The summed E-state index contributed by atoms with van der Waals surface area (Å²) >= 11 is 0. The Morgan fingerprint density at radius 3 is 2.28 bits per heavy atom. The van der Waals surface area contributed by atoms with E-state index in [1.807, 2.05) is 24.3 Å². The molecule has 0 bridgehead atoms. The summed E-state index contributed by atoms with van der Waals surface area (Å²) < 4.78 is 16.1. The lowest BCUT2D eigenvalue weighted by Gasteiger charge is -2.55. The van der Waals surface area contributed by atoms with Crippen molar-refractivity contribution in [1.29, 1.82) is 5.26 Å². The van der Waals surface area contributed by atoms with Gasteiger partial charge in [0.25, 0.3) is 0 Å². The Kier molecular flexibility index (Phi) is 2.54. The van der Waals surface area contributed by atoms with Crippen molar-refractivity contribution in [2.45, 2.75) is 5.41 Å². The van der Waals surface area contributed by atoms with Crippen LogP contribution in [0.1, 0.15) is 5.56 Å². The predicted molar refractivity (Wildman–Crippen MR) is 64.4 cm³/mol. The normalized spacial score (nSPS) is 23.3. The first-order valence-corrected chi connectivity index (χ1v) is 5.98. The maximum atomic E-state index is 9.54. The molecule has 18 heavy (non-hydrogen) atoms. The Hall–Kier alpha value is -1.57. The van der Waals surface area contributed by atoms with Crippen molar-refractivity contribution in [2.24, 2.45) is 5.41 Å². The second-order valence-corrected chi connectivity index (χ2v) is 4.96. The first-order valence-electron chi connectivity index (χ1n) is 5.98. The third-order valence-electron chi connectivity index (χ3n) is 4.15. The Bertz CT molecular complexity index is 498. The smallest absolute Gasteiger partial charge is 0.122 e. The molecule has 4 heteroatoms. The molecule has 1 aromatic carbocycles. The van der Waals surface area contributed by atoms with E-state index in [-0.39, 0.29) is 5.41 Å². The summed E-state index contributed by atoms with van der Waals surface area (Å²) in [5.41, 5.74) is 0.301. The number of rotatable bonds is 3. The average Bonchev–Trinajstić information content (AvgIpc) is 2.31. The fourth-order valence-electron chi connectivity index (χ4n) is 2.79. The molecular weight excluding hydrogens is 230 g/mol. The van der Waals surface area contributed by atoms with Gasteiger partial charge in [-0.2, -0.15) is 5.26 Å². The van der Waals surface area contributed by atoms with E-state index in [2.05, 4.69) is 6.07 Å². The van der Waals surface area contributed by atoms with Gasteiger partial charge in [-0.05, 0) is 6.07 Å². The third kappa shape index (κ3) is 1.26. The van der Waals surface area contributed by atoms with E-state index in [1.165, 1.54) is 0 Å². The van der Waals surface area contributed by atoms with Crippen LogP contribution in [-0.4, -0.2) is 33.5 Å². The number of nitriles is 1. The second kappa shape index (κ2) is 3.98. The number of ether oxygens (including phenoxy) is 3. The van der Waals surface area contributed by atoms with Crippen LogP contribution in [0.4, 0.5) is 0 Å². The van der Waals surface area contributed by atoms with Crippen LogP contribution < -0.4 is 4.74 Å². The van der Waals surface area contributed by atoms with Gasteiger partial charge in [-0.25, -0.2) is 0 Å². The van der Waals surface area contributed by atoms with Crippen LogP contribution >= 0.6 is 0 Å². The minimum absolute atomic E-state index is 0.285. The van der Waals surface area contributed by atoms with Gasteiger partial charge in [0.05, 0.1) is 45.0 Å². The Balaban J connectivity index is 2.09. The zero-order chi connectivity index (χ0) is 12.6. The molecule has 0 aliphatic carbocycles. The molecule has 0 aromatic heterocycles. The van der Waals surface area contributed by atoms with Gasteiger partial charge in [-0.15, -0.1) is 0 Å². The molecule has 2 heterocycles. The summed E-state index contributed by atoms with van der Waals surface area (Å²) in [5, 5.41) is 9.54. The fraction of sp³-hybridized carbons (Fsp3) is 0.500. The van der Waals surface area contributed by atoms with Gasteiger partial charge < -0.3 is 14.2 Å². The molecular formula is C14H15NO3. The number of hydrogen-bond donors (Lipinski definition) is 0. The Labute approximate surface area is 106 Å². The summed E-state index contributed by atoms with van der Waals surface area (Å²) in [6, 6.07) is 10.3. The first kappa shape index (κ1) is 11.5. The zero-order valence-corrected chi connectivity index (χ0v) is 10.3. The molecule has 0 saturated carbocycles. The Morgan fingerprint density at radius 1 is 1.17 bits per heavy atom. The minimum Gasteiger partial charge on any atom is -0.496 e. The van der Waals surface area contributed by atoms with Gasteiger partial charge in [0.2, 0.25) is 0 Å². The van der Waals surface area contributed by atoms with Gasteiger partial charge >= 0.3 is 0 Å². The van der Waals surface area contributed by atoms with Crippen molar-refractivity contribution >= 4 is 0 Å². The third-order valence-corrected chi connectivity index (χ3v) is 4.15. The average molecular weight is 245 g/mol. The first-order chi connectivity index (χ1) is 8.78. The highest BCUT2D eigenvalue weighted by Crippen LogP contribution is 2.53. The maximum Gasteiger partial charge on any atom is 0.122 e. The van der Waals surface area contributed by atoms with Crippen molar-refractivity contribution in [3.8, 4) is 11.8 Å². The van der Waals surface area contributed by atoms with Crippen LogP contribution in [0.3, 0.4) is 0 Å². The molecule has 0 amide bonds. The molecule has 2 fully saturated rings. The molecule has 2 saturated heterocycles. The second-order valence-electron chi connectivity index (χ2n) is 4.96. The highest BCUT2D eigenvalue weighted by molar-refractivity contribution is 5.45. The van der Waals surface area contributed by atoms with Gasteiger partial charge in [-0.1, -0.05) is 18.2 Å². The highest BCUT2D eigenvalue weighted by Gasteiger charge is 2.62. The summed E-state index contributed by atoms with van der Waals surface area (Å²) in [6.07, 6.45) is 0. The molecule has 0 N–H and O–H groups in total. The number of hydrogen-bond acceptors (Lipinski definition) is 4. The molecule has 4 nitrogen and oxygen atoms in total. The van der Waals surface area contributed by atoms with Crippen molar-refractivity contribution in [1.82, 2.24) is 0 Å². The fourth-order valence-corrected chi connectivity index (χ4v) is 2.79. The van der Waals surface area contributed by atoms with E-state index in [9.17, 15) is 5.26 Å². The van der Waals surface area contributed by atoms with E-state index in [0.717, 1.165) is 11.3 Å². The molecule has 1 aromatic rings. The van der Waals surface area contributed by atoms with Crippen LogP contribution in [0.2, 0.25) is 0 Å². The van der Waals surface area contributed by atoms with Gasteiger partial charge in [-0.3, -0.25) is 0 Å². The van der Waals surface area contributed by atoms with Crippen LogP contribution in [0.15, 0.2) is 24.3 Å². The van der Waals surface area contributed by atoms with Crippen LogP contribution in [0.25, 0.3) is 0 Å². The lowest BCUT2D eigenvalue weighted by atomic mass is 9.58. The molecule has 0 unspecified atom stereocenters. The van der Waals surface area contributed by atoms with Gasteiger partial charge in [0, 0.05) is 5.56 Å². The summed E-state index contributed by atoms with van der Waals surface area (Å²) in [5.74, 6) is 0.822. The minimum atomic E-state index is -0.472. The summed E-state index contributed by atoms with van der Waals surface area (Å²) in [4.78, 5) is 0. The lowest BCUT2D eigenvalue weighted by molar-refractivity contribution is -0.201. The predicted octanol–water partition coefficient (Wildman–Crippen LogP) is 1.50. The van der Waals surface area contributed by atoms with Crippen LogP contribution in [-0.2, 0) is 14.9 Å². The molecule has 0 radical (unpaired) electrons. The van der Waals surface area contributed by atoms with Crippen LogP contribution in [0.5, 0.6) is 5.75 Å². The van der Waals surface area contributed by atoms with E-state index >= 15 is 0 Å². The monoisotopic (exact) mass is 245 g/mol. The maximum absolute atomic E-state index is 9.54. The topological polar surface area (TPSA) is 51.5 Å². The summed E-state index contributed by atoms with van der Waals surface area (Å²) in [7, 11) is 1.66. The van der Waals surface area contributed by atoms with E-state index < -0.39 is 5.41 Å². The Morgan fingerprint density at radius 2 is 1.83 bits per heavy atom. The van der Waals surface area contributed by atoms with E-state index in [1.54, 1.807) is 7.11 Å². The molecule has 0 atom stereocenters. The lowest BCUT2D eigenvalue weighted by Crippen LogP contribution is -2.66. The highest BCUT2D eigenvalue weighted by atomic mass is 16.5. The van der Waals surface area contributed by atoms with E-state index in [4.69, 9.17) is 14.2 Å². The summed E-state index contributed by atoms with van der Waals surface area (Å²) in [6.45, 7) is 2.07. The van der Waals surface area contributed by atoms with Gasteiger partial charge in [0.1, 0.15) is 11.2 Å². The number of para-hydroxylation sites is 1. The zero-order valence-electron chi connectivity index (χ0n) is 10.3. The van der Waals surface area contributed by atoms with Crippen molar-refractivity contribution in [2.75, 3.05) is 33.5 Å². The number of methoxy groups -OCH3 is 1. The SMILES string of the molecule is COc1ccccc1C1(C2(C#N)COC2)COC1. The molecule has 2 aliphatic rings. The van der Waals surface area contributed by atoms with Crippen molar-refractivity contribution in [3.63, 3.8) is 0 Å². The molecule has 2 aliphatic heterocycles. The van der Waals surface area contributed by atoms with Gasteiger partial charge in [0.15, 0.2) is 0 Å². The largest absolute Gasteiger partial charge is 0.496 e. The number of benzene rings is 1. The quantitative estimate of drug-likeness (QED) is 0.809. The van der Waals surface area contributed by atoms with Crippen LogP contribution in [0, 0.1) is 16.7 Å². The van der Waals surface area contributed by atoms with Crippen molar-refractivity contribution < 1.29 is 14.2 Å². The standard InChI is InChI=1S/C14H15NO3/c1-16-12-5-3-2-4-11(12)14(9-18-10-14)13(6-15)7-17-8-13/h2-5H,7-10H2,1H3. The van der Waals surface area contributed by atoms with Crippen molar-refractivity contribution in [3.05, 3.63) is 29.8 Å². The molecule has 0 spiro atoms. The van der Waals surface area contributed by atoms with E-state index in [0.29, 0.717) is 26.4 Å². The molecule has 3 rings (SSSR count).